The van der Waals surface area contributed by atoms with Crippen molar-refractivity contribution in [3.05, 3.63) is 23.8 Å². The fourth-order valence-corrected chi connectivity index (χ4v) is 1.77. The van der Waals surface area contributed by atoms with Crippen molar-refractivity contribution in [1.82, 2.24) is 9.97 Å². The van der Waals surface area contributed by atoms with E-state index in [2.05, 4.69) is 9.97 Å². The molecule has 0 aliphatic heterocycles. The van der Waals surface area contributed by atoms with Gasteiger partial charge in [-0.1, -0.05) is 0 Å². The van der Waals surface area contributed by atoms with E-state index in [1.54, 1.807) is 6.20 Å². The lowest BCUT2D eigenvalue weighted by molar-refractivity contribution is 0.0399. The summed E-state index contributed by atoms with van der Waals surface area (Å²) in [6.45, 7) is 2.70. The molecule has 0 aromatic carbocycles. The minimum atomic E-state index is 0.0677. The molecule has 1 saturated carbocycles. The van der Waals surface area contributed by atoms with Crippen molar-refractivity contribution in [1.29, 1.82) is 0 Å². The third-order valence-corrected chi connectivity index (χ3v) is 2.79. The van der Waals surface area contributed by atoms with Gasteiger partial charge in [0.1, 0.15) is 6.10 Å². The average Bonchev–Trinajstić information content (AvgIpc) is 3.10. The molecule has 0 bridgehead atoms. The Balaban J connectivity index is 2.16. The lowest BCUT2D eigenvalue weighted by Crippen LogP contribution is -2.11. The molecule has 1 unspecified atom stereocenters. The third-order valence-electron chi connectivity index (χ3n) is 2.52. The molecule has 0 spiro atoms. The summed E-state index contributed by atoms with van der Waals surface area (Å²) in [6.07, 6.45) is 4.27. The van der Waals surface area contributed by atoms with Gasteiger partial charge in [0.25, 0.3) is 0 Å². The molecule has 3 nitrogen and oxygen atoms in total. The Labute approximate surface area is 94.8 Å². The fraction of sp³-hybridized carbons (Fsp3) is 0.636. The molecule has 1 aliphatic carbocycles. The summed E-state index contributed by atoms with van der Waals surface area (Å²) >= 11 is 5.74. The summed E-state index contributed by atoms with van der Waals surface area (Å²) in [6, 6.07) is 1.84. The van der Waals surface area contributed by atoms with Crippen molar-refractivity contribution in [2.75, 3.05) is 6.61 Å². The number of nitrogens with zero attached hydrogens (tertiary/aromatic N) is 2. The molecule has 1 heterocycles. The minimum Gasteiger partial charge on any atom is -0.370 e. The lowest BCUT2D eigenvalue weighted by atomic mass is 10.2. The molecule has 15 heavy (non-hydrogen) atoms. The first kappa shape index (κ1) is 10.8. The molecule has 2 rings (SSSR count). The van der Waals surface area contributed by atoms with Crippen LogP contribution >= 0.6 is 11.6 Å². The third kappa shape index (κ3) is 2.67. The van der Waals surface area contributed by atoms with Crippen molar-refractivity contribution in [3.8, 4) is 0 Å². The van der Waals surface area contributed by atoms with Gasteiger partial charge in [0.05, 0.1) is 11.6 Å². The van der Waals surface area contributed by atoms with Crippen LogP contribution in [0.5, 0.6) is 0 Å². The van der Waals surface area contributed by atoms with E-state index >= 15 is 0 Å². The van der Waals surface area contributed by atoms with E-state index in [0.29, 0.717) is 18.4 Å². The Kier molecular flexibility index (Phi) is 3.54. The first-order valence-electron chi connectivity index (χ1n) is 5.34. The summed E-state index contributed by atoms with van der Waals surface area (Å²) in [5.74, 6) is 1.83. The molecule has 0 N–H and O–H groups in total. The zero-order chi connectivity index (χ0) is 10.7. The molecule has 1 aromatic heterocycles. The molecule has 1 aliphatic rings. The molecule has 0 radical (unpaired) electrons. The van der Waals surface area contributed by atoms with E-state index in [-0.39, 0.29) is 6.10 Å². The first-order chi connectivity index (χ1) is 7.35. The lowest BCUT2D eigenvalue weighted by Gasteiger charge is -2.14. The van der Waals surface area contributed by atoms with Crippen molar-refractivity contribution >= 4 is 11.6 Å². The number of halogens is 1. The van der Waals surface area contributed by atoms with Crippen molar-refractivity contribution < 1.29 is 4.74 Å². The molecule has 0 amide bonds. The van der Waals surface area contributed by atoms with Crippen LogP contribution in [0.25, 0.3) is 0 Å². The fourth-order valence-electron chi connectivity index (χ4n) is 1.62. The van der Waals surface area contributed by atoms with Crippen molar-refractivity contribution in [3.63, 3.8) is 0 Å². The van der Waals surface area contributed by atoms with Crippen LogP contribution in [0.4, 0.5) is 0 Å². The number of alkyl halides is 1. The number of aromatic nitrogens is 2. The Morgan fingerprint density at radius 2 is 2.40 bits per heavy atom. The predicted molar refractivity (Wildman–Crippen MR) is 58.7 cm³/mol. The standard InChI is InChI=1S/C11H15ClN2O/c1-2-15-10(8-3-4-8)11-13-6-5-9(7-12)14-11/h5-6,8,10H,2-4,7H2,1H3. The van der Waals surface area contributed by atoms with Crippen LogP contribution in [0.3, 0.4) is 0 Å². The monoisotopic (exact) mass is 226 g/mol. The summed E-state index contributed by atoms with van der Waals surface area (Å²) in [5.41, 5.74) is 0.868. The summed E-state index contributed by atoms with van der Waals surface area (Å²) in [4.78, 5) is 8.68. The SMILES string of the molecule is CCOC(c1nccc(CCl)n1)C1CC1. The summed E-state index contributed by atoms with van der Waals surface area (Å²) in [5, 5.41) is 0. The molecule has 1 aromatic rings. The Morgan fingerprint density at radius 3 is 3.00 bits per heavy atom. The second kappa shape index (κ2) is 4.90. The van der Waals surface area contributed by atoms with E-state index in [9.17, 15) is 0 Å². The van der Waals surface area contributed by atoms with Crippen LogP contribution in [-0.4, -0.2) is 16.6 Å². The number of hydrogen-bond acceptors (Lipinski definition) is 3. The van der Waals surface area contributed by atoms with Crippen LogP contribution in [0.1, 0.15) is 37.4 Å². The molecule has 82 valence electrons. The summed E-state index contributed by atoms with van der Waals surface area (Å²) < 4.78 is 5.68. The summed E-state index contributed by atoms with van der Waals surface area (Å²) in [7, 11) is 0. The molecular weight excluding hydrogens is 212 g/mol. The number of hydrogen-bond donors (Lipinski definition) is 0. The molecule has 0 saturated heterocycles. The van der Waals surface area contributed by atoms with Gasteiger partial charge in [0, 0.05) is 12.8 Å². The molecular formula is C11H15ClN2O. The smallest absolute Gasteiger partial charge is 0.157 e. The Hall–Kier alpha value is -0.670. The minimum absolute atomic E-state index is 0.0677. The van der Waals surface area contributed by atoms with Gasteiger partial charge >= 0.3 is 0 Å². The van der Waals surface area contributed by atoms with Gasteiger partial charge in [-0.05, 0) is 31.7 Å². The van der Waals surface area contributed by atoms with E-state index in [1.165, 1.54) is 12.8 Å². The second-order valence-corrected chi connectivity index (χ2v) is 4.02. The van der Waals surface area contributed by atoms with Gasteiger partial charge < -0.3 is 4.74 Å². The van der Waals surface area contributed by atoms with Gasteiger partial charge in [-0.2, -0.15) is 0 Å². The maximum atomic E-state index is 5.74. The van der Waals surface area contributed by atoms with Gasteiger partial charge in [-0.3, -0.25) is 0 Å². The molecule has 1 fully saturated rings. The van der Waals surface area contributed by atoms with Gasteiger partial charge in [-0.15, -0.1) is 11.6 Å². The van der Waals surface area contributed by atoms with Crippen LogP contribution in [-0.2, 0) is 10.6 Å². The Morgan fingerprint density at radius 1 is 1.60 bits per heavy atom. The highest BCUT2D eigenvalue weighted by Gasteiger charge is 2.34. The highest BCUT2D eigenvalue weighted by atomic mass is 35.5. The van der Waals surface area contributed by atoms with E-state index in [1.807, 2.05) is 13.0 Å². The highest BCUT2D eigenvalue weighted by Crippen LogP contribution is 2.42. The second-order valence-electron chi connectivity index (χ2n) is 3.75. The van der Waals surface area contributed by atoms with Gasteiger partial charge in [-0.25, -0.2) is 9.97 Å². The number of ether oxygens (including phenoxy) is 1. The molecule has 1 atom stereocenters. The predicted octanol–water partition coefficient (Wildman–Crippen LogP) is 2.70. The maximum absolute atomic E-state index is 5.74. The van der Waals surface area contributed by atoms with Crippen molar-refractivity contribution in [2.24, 2.45) is 5.92 Å². The Bertz CT molecular complexity index is 328. The largest absolute Gasteiger partial charge is 0.370 e. The van der Waals surface area contributed by atoms with Crippen LogP contribution in [0, 0.1) is 5.92 Å². The van der Waals surface area contributed by atoms with Crippen LogP contribution in [0.15, 0.2) is 12.3 Å². The zero-order valence-corrected chi connectivity index (χ0v) is 9.57. The molecule has 4 heteroatoms. The quantitative estimate of drug-likeness (QED) is 0.725. The van der Waals surface area contributed by atoms with E-state index < -0.39 is 0 Å². The number of rotatable bonds is 5. The maximum Gasteiger partial charge on any atom is 0.157 e. The van der Waals surface area contributed by atoms with Gasteiger partial charge in [0.15, 0.2) is 5.82 Å². The van der Waals surface area contributed by atoms with E-state index in [0.717, 1.165) is 11.5 Å². The van der Waals surface area contributed by atoms with Crippen molar-refractivity contribution in [2.45, 2.75) is 31.7 Å². The van der Waals surface area contributed by atoms with Gasteiger partial charge in [0.2, 0.25) is 0 Å². The zero-order valence-electron chi connectivity index (χ0n) is 8.82. The highest BCUT2D eigenvalue weighted by molar-refractivity contribution is 6.16. The normalized spacial score (nSPS) is 17.7. The first-order valence-corrected chi connectivity index (χ1v) is 5.88. The van der Waals surface area contributed by atoms with Crippen LogP contribution < -0.4 is 0 Å². The topological polar surface area (TPSA) is 35.0 Å². The van der Waals surface area contributed by atoms with E-state index in [4.69, 9.17) is 16.3 Å². The average molecular weight is 227 g/mol. The van der Waals surface area contributed by atoms with Crippen LogP contribution in [0.2, 0.25) is 0 Å².